The Morgan fingerprint density at radius 2 is 1.77 bits per heavy atom. The van der Waals surface area contributed by atoms with Crippen molar-refractivity contribution in [2.45, 2.75) is 38.2 Å². The molecule has 3 aromatic rings. The van der Waals surface area contributed by atoms with Crippen molar-refractivity contribution >= 4 is 23.2 Å². The molecule has 0 radical (unpaired) electrons. The summed E-state index contributed by atoms with van der Waals surface area (Å²) in [5, 5.41) is 3.07. The first-order chi connectivity index (χ1) is 15.1. The molecule has 6 heteroatoms. The second kappa shape index (κ2) is 12.0. The largest absolute Gasteiger partial charge is 0.494 e. The number of alkyl halides is 1. The number of aromatic nitrogens is 1. The van der Waals surface area contributed by atoms with Crippen molar-refractivity contribution in [2.75, 3.05) is 11.9 Å². The third-order valence-electron chi connectivity index (χ3n) is 4.62. The second-order valence-electron chi connectivity index (χ2n) is 7.23. The van der Waals surface area contributed by atoms with E-state index in [1.54, 1.807) is 30.5 Å². The number of hydrogen-bond acceptors (Lipinski definition) is 4. The van der Waals surface area contributed by atoms with Crippen LogP contribution < -0.4 is 14.8 Å². The summed E-state index contributed by atoms with van der Waals surface area (Å²) in [4.78, 5) is 16.7. The van der Waals surface area contributed by atoms with Crippen molar-refractivity contribution in [1.29, 1.82) is 0 Å². The number of rotatable bonds is 11. The van der Waals surface area contributed by atoms with Gasteiger partial charge in [0.25, 0.3) is 5.91 Å². The van der Waals surface area contributed by atoms with Gasteiger partial charge in [-0.1, -0.05) is 30.3 Å². The van der Waals surface area contributed by atoms with Crippen LogP contribution in [0.4, 0.5) is 5.69 Å². The number of unbranched alkanes of at least 4 members (excludes halogenated alkanes) is 1. The van der Waals surface area contributed by atoms with E-state index >= 15 is 0 Å². The number of pyridine rings is 1. The number of anilines is 1. The van der Waals surface area contributed by atoms with E-state index in [-0.39, 0.29) is 11.3 Å². The lowest BCUT2D eigenvalue weighted by molar-refractivity contribution is 0.102. The predicted octanol–water partition coefficient (Wildman–Crippen LogP) is 6.09. The zero-order chi connectivity index (χ0) is 21.9. The van der Waals surface area contributed by atoms with Crippen molar-refractivity contribution in [3.63, 3.8) is 0 Å². The van der Waals surface area contributed by atoms with E-state index in [0.717, 1.165) is 30.6 Å². The quantitative estimate of drug-likeness (QED) is 0.290. The van der Waals surface area contributed by atoms with Gasteiger partial charge in [0.2, 0.25) is 5.88 Å². The zero-order valence-corrected chi connectivity index (χ0v) is 18.3. The van der Waals surface area contributed by atoms with E-state index in [4.69, 9.17) is 21.1 Å². The maximum absolute atomic E-state index is 12.4. The van der Waals surface area contributed by atoms with Gasteiger partial charge in [-0.3, -0.25) is 4.79 Å². The fourth-order valence-electron chi connectivity index (χ4n) is 2.94. The average molecular weight is 439 g/mol. The van der Waals surface area contributed by atoms with Crippen LogP contribution in [0.3, 0.4) is 0 Å². The number of hydrogen-bond donors (Lipinski definition) is 1. The molecule has 0 saturated carbocycles. The number of nitrogens with zero attached hydrogens (tertiary/aromatic N) is 1. The van der Waals surface area contributed by atoms with Crippen LogP contribution in [0.1, 0.15) is 42.1 Å². The number of amides is 1. The summed E-state index contributed by atoms with van der Waals surface area (Å²) >= 11 is 5.95. The number of benzene rings is 2. The molecule has 1 aromatic heterocycles. The van der Waals surface area contributed by atoms with Crippen LogP contribution in [0.2, 0.25) is 0 Å². The van der Waals surface area contributed by atoms with Crippen molar-refractivity contribution in [1.82, 2.24) is 4.98 Å². The fourth-order valence-corrected chi connectivity index (χ4v) is 3.09. The highest BCUT2D eigenvalue weighted by Gasteiger charge is 2.11. The van der Waals surface area contributed by atoms with Gasteiger partial charge in [-0.05, 0) is 68.1 Å². The highest BCUT2D eigenvalue weighted by Crippen LogP contribution is 2.23. The number of carbonyl (C=O) groups is 1. The van der Waals surface area contributed by atoms with Gasteiger partial charge in [-0.25, -0.2) is 4.98 Å². The Kier molecular flexibility index (Phi) is 8.73. The Morgan fingerprint density at radius 3 is 2.52 bits per heavy atom. The Morgan fingerprint density at radius 1 is 1.00 bits per heavy atom. The maximum Gasteiger partial charge on any atom is 0.255 e. The maximum atomic E-state index is 12.4. The van der Waals surface area contributed by atoms with Crippen LogP contribution in [0.5, 0.6) is 11.6 Å². The summed E-state index contributed by atoms with van der Waals surface area (Å²) in [7, 11) is 0. The van der Waals surface area contributed by atoms with E-state index < -0.39 is 0 Å². The number of carbonyl (C=O) groups excluding carboxylic acids is 1. The third-order valence-corrected chi connectivity index (χ3v) is 4.84. The Hall–Kier alpha value is -3.05. The number of ether oxygens (including phenoxy) is 2. The molecule has 1 amide bonds. The molecule has 0 fully saturated rings. The topological polar surface area (TPSA) is 60.5 Å². The minimum Gasteiger partial charge on any atom is -0.494 e. The lowest BCUT2D eigenvalue weighted by Gasteiger charge is -2.12. The molecule has 0 aliphatic heterocycles. The van der Waals surface area contributed by atoms with Crippen molar-refractivity contribution in [2.24, 2.45) is 0 Å². The van der Waals surface area contributed by atoms with Crippen LogP contribution in [0, 0.1) is 0 Å². The molecular weight excluding hydrogens is 412 g/mol. The van der Waals surface area contributed by atoms with Gasteiger partial charge in [0.1, 0.15) is 18.0 Å². The van der Waals surface area contributed by atoms with Gasteiger partial charge >= 0.3 is 0 Å². The van der Waals surface area contributed by atoms with E-state index in [0.29, 0.717) is 30.3 Å². The van der Waals surface area contributed by atoms with Gasteiger partial charge in [-0.15, -0.1) is 11.6 Å². The molecule has 0 aliphatic rings. The summed E-state index contributed by atoms with van der Waals surface area (Å²) in [5.41, 5.74) is 2.09. The number of halogens is 1. The highest BCUT2D eigenvalue weighted by molar-refractivity contribution is 6.20. The smallest absolute Gasteiger partial charge is 0.255 e. The Bertz CT molecular complexity index is 946. The first kappa shape index (κ1) is 22.6. The lowest BCUT2D eigenvalue weighted by Crippen LogP contribution is -2.13. The first-order valence-corrected chi connectivity index (χ1v) is 10.9. The van der Waals surface area contributed by atoms with E-state index in [1.807, 2.05) is 49.4 Å². The Labute approximate surface area is 188 Å². The monoisotopic (exact) mass is 438 g/mol. The Balaban J connectivity index is 1.50. The molecule has 1 atom stereocenters. The van der Waals surface area contributed by atoms with E-state index in [1.165, 1.54) is 0 Å². The molecule has 1 heterocycles. The molecule has 162 valence electrons. The van der Waals surface area contributed by atoms with E-state index in [2.05, 4.69) is 10.3 Å². The summed E-state index contributed by atoms with van der Waals surface area (Å²) in [6.07, 6.45) is 4.68. The molecule has 0 spiro atoms. The minimum atomic E-state index is -0.208. The molecule has 31 heavy (non-hydrogen) atoms. The minimum absolute atomic E-state index is 0.208. The second-order valence-corrected chi connectivity index (χ2v) is 7.98. The lowest BCUT2D eigenvalue weighted by atomic mass is 10.2. The SMILES string of the molecule is CC(Cl)CCCCOc1ccc(COc2ncccc2NC(=O)c2ccccc2)cc1. The molecule has 1 unspecified atom stereocenters. The molecule has 2 aromatic carbocycles. The summed E-state index contributed by atoms with van der Waals surface area (Å²) in [5.74, 6) is 0.998. The van der Waals surface area contributed by atoms with Crippen molar-refractivity contribution in [3.05, 3.63) is 84.1 Å². The van der Waals surface area contributed by atoms with Crippen LogP contribution in [-0.2, 0) is 6.61 Å². The molecule has 0 bridgehead atoms. The van der Waals surface area contributed by atoms with Crippen LogP contribution in [0.15, 0.2) is 72.9 Å². The molecule has 0 saturated heterocycles. The highest BCUT2D eigenvalue weighted by atomic mass is 35.5. The predicted molar refractivity (Wildman–Crippen MR) is 124 cm³/mol. The number of nitrogens with one attached hydrogen (secondary N) is 1. The van der Waals surface area contributed by atoms with Crippen LogP contribution in [-0.4, -0.2) is 22.9 Å². The molecule has 1 N–H and O–H groups in total. The molecule has 3 rings (SSSR count). The van der Waals surface area contributed by atoms with Crippen molar-refractivity contribution < 1.29 is 14.3 Å². The normalized spacial score (nSPS) is 11.5. The van der Waals surface area contributed by atoms with Gasteiger partial charge in [0.15, 0.2) is 0 Å². The van der Waals surface area contributed by atoms with Crippen LogP contribution >= 0.6 is 11.6 Å². The standard InChI is InChI=1S/C25H27ClN2O3/c1-19(26)8-5-6-17-30-22-14-12-20(13-15-22)18-31-25-23(11-7-16-27-25)28-24(29)21-9-3-2-4-10-21/h2-4,7,9-16,19H,5-6,8,17-18H2,1H3,(H,28,29). The summed E-state index contributed by atoms with van der Waals surface area (Å²) in [6.45, 7) is 3.02. The van der Waals surface area contributed by atoms with Gasteiger partial charge < -0.3 is 14.8 Å². The van der Waals surface area contributed by atoms with Crippen molar-refractivity contribution in [3.8, 4) is 11.6 Å². The van der Waals surface area contributed by atoms with Gasteiger partial charge in [-0.2, -0.15) is 0 Å². The van der Waals surface area contributed by atoms with Crippen LogP contribution in [0.25, 0.3) is 0 Å². The van der Waals surface area contributed by atoms with Gasteiger partial charge in [0.05, 0.1) is 6.61 Å². The first-order valence-electron chi connectivity index (χ1n) is 10.4. The fraction of sp³-hybridized carbons (Fsp3) is 0.280. The zero-order valence-electron chi connectivity index (χ0n) is 17.6. The molecule has 0 aliphatic carbocycles. The summed E-state index contributed by atoms with van der Waals surface area (Å²) in [6, 6.07) is 20.3. The third kappa shape index (κ3) is 7.61. The van der Waals surface area contributed by atoms with E-state index in [9.17, 15) is 4.79 Å². The molecule has 5 nitrogen and oxygen atoms in total. The summed E-state index contributed by atoms with van der Waals surface area (Å²) < 4.78 is 11.6. The molecular formula is C25H27ClN2O3. The average Bonchev–Trinajstić information content (AvgIpc) is 2.79. The van der Waals surface area contributed by atoms with Gasteiger partial charge in [0, 0.05) is 17.1 Å².